The maximum Gasteiger partial charge on any atom is 0.306 e. The molecule has 5 heteroatoms. The Kier molecular flexibility index (Phi) is 72.8. The van der Waals surface area contributed by atoms with Crippen molar-refractivity contribution >= 4 is 11.9 Å². The van der Waals surface area contributed by atoms with Crippen molar-refractivity contribution in [3.8, 4) is 0 Å². The summed E-state index contributed by atoms with van der Waals surface area (Å²) in [5, 5.41) is 9.71. The first-order valence-electron chi connectivity index (χ1n) is 37.2. The molecule has 0 fully saturated rings. The van der Waals surface area contributed by atoms with Crippen molar-refractivity contribution in [2.24, 2.45) is 0 Å². The largest absolute Gasteiger partial charge is 0.462 e. The fourth-order valence-corrected chi connectivity index (χ4v) is 10.7. The van der Waals surface area contributed by atoms with Crippen LogP contribution in [0.4, 0.5) is 0 Å². The molecule has 0 heterocycles. The molecule has 0 spiro atoms. The molecule has 498 valence electrons. The molecule has 0 aromatic carbocycles. The van der Waals surface area contributed by atoms with Gasteiger partial charge in [0.05, 0.1) is 6.61 Å². The van der Waals surface area contributed by atoms with Crippen molar-refractivity contribution in [3.63, 3.8) is 0 Å². The SMILES string of the molecule is CC/C=C\C/C=C\C/C=C\C/C=C\C/C=C\C/C=C\C/C=C\C/C=C\C/C=C\C/C=C\C/C=C\CCCCCC(=O)OC(CO)COC(=O)CCCCCCCCCCCCCCCCCCCCCCCCCCCCCCCCCCCCCC. The molecule has 87 heavy (non-hydrogen) atoms. The number of ether oxygens (including phenoxy) is 2. The number of rotatable bonds is 68. The summed E-state index contributed by atoms with van der Waals surface area (Å²) in [5.41, 5.74) is 0. The predicted octanol–water partition coefficient (Wildman–Crippen LogP) is 26.3. The molecule has 0 aliphatic rings. The van der Waals surface area contributed by atoms with Crippen LogP contribution < -0.4 is 0 Å². The zero-order valence-corrected chi connectivity index (χ0v) is 57.3. The van der Waals surface area contributed by atoms with Gasteiger partial charge in [0.1, 0.15) is 6.61 Å². The molecular weight excluding hydrogens is 1060 g/mol. The fraction of sp³-hybridized carbons (Fsp3) is 0.707. The van der Waals surface area contributed by atoms with Gasteiger partial charge in [0, 0.05) is 12.8 Å². The van der Waals surface area contributed by atoms with Crippen molar-refractivity contribution in [1.29, 1.82) is 0 Å². The molecule has 0 aliphatic carbocycles. The van der Waals surface area contributed by atoms with E-state index in [9.17, 15) is 14.7 Å². The molecule has 0 aromatic rings. The third-order valence-electron chi connectivity index (χ3n) is 16.2. The Morgan fingerprint density at radius 2 is 0.494 bits per heavy atom. The summed E-state index contributed by atoms with van der Waals surface area (Å²) < 4.78 is 10.7. The summed E-state index contributed by atoms with van der Waals surface area (Å²) in [7, 11) is 0. The highest BCUT2D eigenvalue weighted by molar-refractivity contribution is 5.70. The minimum Gasteiger partial charge on any atom is -0.462 e. The van der Waals surface area contributed by atoms with Gasteiger partial charge in [-0.25, -0.2) is 0 Å². The Bertz CT molecular complexity index is 1750. The molecule has 1 atom stereocenters. The molecule has 0 bridgehead atoms. The lowest BCUT2D eigenvalue weighted by atomic mass is 10.0. The number of unbranched alkanes of at least 4 members (excludes halogenated alkanes) is 38. The second kappa shape index (κ2) is 76.3. The number of allylic oxidation sites excluding steroid dienone is 22. The summed E-state index contributed by atoms with van der Waals surface area (Å²) in [6, 6.07) is 0. The van der Waals surface area contributed by atoms with Crippen LogP contribution in [0.2, 0.25) is 0 Å². The van der Waals surface area contributed by atoms with Crippen LogP contribution in [0.15, 0.2) is 134 Å². The van der Waals surface area contributed by atoms with Gasteiger partial charge in [0.25, 0.3) is 0 Å². The van der Waals surface area contributed by atoms with E-state index in [0.29, 0.717) is 12.8 Å². The molecule has 0 saturated carbocycles. The second-order valence-electron chi connectivity index (χ2n) is 24.7. The number of carbonyl (C=O) groups excluding carboxylic acids is 2. The highest BCUT2D eigenvalue weighted by Gasteiger charge is 2.16. The van der Waals surface area contributed by atoms with Gasteiger partial charge in [-0.05, 0) is 96.3 Å². The first kappa shape index (κ1) is 83.0. The number of esters is 2. The van der Waals surface area contributed by atoms with Crippen molar-refractivity contribution in [3.05, 3.63) is 134 Å². The molecule has 1 unspecified atom stereocenters. The summed E-state index contributed by atoms with van der Waals surface area (Å²) in [6.45, 7) is 4.03. The van der Waals surface area contributed by atoms with Crippen molar-refractivity contribution in [1.82, 2.24) is 0 Å². The Morgan fingerprint density at radius 3 is 0.747 bits per heavy atom. The number of carbonyl (C=O) groups is 2. The number of hydrogen-bond donors (Lipinski definition) is 1. The van der Waals surface area contributed by atoms with Crippen LogP contribution in [-0.4, -0.2) is 36.4 Å². The lowest BCUT2D eigenvalue weighted by molar-refractivity contribution is -0.161. The molecule has 0 aliphatic heterocycles. The van der Waals surface area contributed by atoms with Crippen molar-refractivity contribution < 1.29 is 24.2 Å². The van der Waals surface area contributed by atoms with Gasteiger partial charge in [-0.1, -0.05) is 379 Å². The zero-order valence-electron chi connectivity index (χ0n) is 57.3. The summed E-state index contributed by atoms with van der Waals surface area (Å²) >= 11 is 0. The van der Waals surface area contributed by atoms with Crippen LogP contribution in [0.25, 0.3) is 0 Å². The average molecular weight is 1210 g/mol. The first-order chi connectivity index (χ1) is 43.1. The molecule has 0 amide bonds. The Hall–Kier alpha value is -3.96. The van der Waals surface area contributed by atoms with Gasteiger partial charge in [-0.15, -0.1) is 0 Å². The first-order valence-corrected chi connectivity index (χ1v) is 37.2. The third-order valence-corrected chi connectivity index (χ3v) is 16.2. The Labute approximate surface area is 540 Å². The van der Waals surface area contributed by atoms with E-state index < -0.39 is 6.10 Å². The van der Waals surface area contributed by atoms with Gasteiger partial charge in [0.15, 0.2) is 6.10 Å². The maximum atomic E-state index is 12.4. The van der Waals surface area contributed by atoms with Gasteiger partial charge in [0.2, 0.25) is 0 Å². The number of aliphatic hydroxyl groups is 1. The lowest BCUT2D eigenvalue weighted by Crippen LogP contribution is -2.28. The summed E-state index contributed by atoms with van der Waals surface area (Å²) in [5.74, 6) is -0.624. The Balaban J connectivity index is 3.53. The molecular formula is C82H140O5. The summed E-state index contributed by atoms with van der Waals surface area (Å²) in [6.07, 6.45) is 114. The van der Waals surface area contributed by atoms with Gasteiger partial charge in [-0.2, -0.15) is 0 Å². The van der Waals surface area contributed by atoms with E-state index >= 15 is 0 Å². The van der Waals surface area contributed by atoms with E-state index in [1.54, 1.807) is 0 Å². The predicted molar refractivity (Wildman–Crippen MR) is 385 cm³/mol. The normalized spacial score (nSPS) is 13.0. The van der Waals surface area contributed by atoms with Crippen LogP contribution in [0.5, 0.6) is 0 Å². The van der Waals surface area contributed by atoms with Crippen LogP contribution in [0.1, 0.15) is 354 Å². The van der Waals surface area contributed by atoms with E-state index in [4.69, 9.17) is 9.47 Å². The molecule has 0 saturated heterocycles. The molecule has 0 radical (unpaired) electrons. The molecule has 1 N–H and O–H groups in total. The molecule has 0 rings (SSSR count). The lowest BCUT2D eigenvalue weighted by Gasteiger charge is -2.15. The van der Waals surface area contributed by atoms with Crippen LogP contribution >= 0.6 is 0 Å². The van der Waals surface area contributed by atoms with E-state index in [-0.39, 0.29) is 25.2 Å². The van der Waals surface area contributed by atoms with Crippen LogP contribution in [-0.2, 0) is 19.1 Å². The topological polar surface area (TPSA) is 72.8 Å². The van der Waals surface area contributed by atoms with E-state index in [1.165, 1.54) is 212 Å². The van der Waals surface area contributed by atoms with Gasteiger partial charge < -0.3 is 14.6 Å². The second-order valence-corrected chi connectivity index (χ2v) is 24.7. The van der Waals surface area contributed by atoms with Crippen molar-refractivity contribution in [2.45, 2.75) is 360 Å². The quantitative estimate of drug-likeness (QED) is 0.0373. The fourth-order valence-electron chi connectivity index (χ4n) is 10.7. The van der Waals surface area contributed by atoms with Gasteiger partial charge >= 0.3 is 11.9 Å². The van der Waals surface area contributed by atoms with E-state index in [0.717, 1.165) is 116 Å². The smallest absolute Gasteiger partial charge is 0.306 e. The number of hydrogen-bond acceptors (Lipinski definition) is 5. The average Bonchev–Trinajstić information content (AvgIpc) is 3.52. The molecule has 0 aromatic heterocycles. The minimum atomic E-state index is -0.800. The highest BCUT2D eigenvalue weighted by Crippen LogP contribution is 2.18. The maximum absolute atomic E-state index is 12.4. The molecule has 5 nitrogen and oxygen atoms in total. The van der Waals surface area contributed by atoms with Crippen molar-refractivity contribution in [2.75, 3.05) is 13.2 Å². The summed E-state index contributed by atoms with van der Waals surface area (Å²) in [4.78, 5) is 24.7. The van der Waals surface area contributed by atoms with Crippen LogP contribution in [0.3, 0.4) is 0 Å². The Morgan fingerprint density at radius 1 is 0.276 bits per heavy atom. The van der Waals surface area contributed by atoms with E-state index in [2.05, 4.69) is 148 Å². The number of aliphatic hydroxyl groups excluding tert-OH is 1. The van der Waals surface area contributed by atoms with E-state index in [1.807, 2.05) is 0 Å². The highest BCUT2D eigenvalue weighted by atomic mass is 16.6. The minimum absolute atomic E-state index is 0.0839. The third kappa shape index (κ3) is 74.4. The monoisotopic (exact) mass is 1210 g/mol. The zero-order chi connectivity index (χ0) is 62.6. The standard InChI is InChI=1S/C82H140O5/c1-3-5-7-9-11-13-15-17-19-21-23-25-27-29-31-33-35-37-39-41-43-45-47-49-51-53-55-57-59-61-63-65-67-69-71-73-75-77-82(85)87-80(78-83)79-86-81(84)76-74-72-70-68-66-64-62-60-58-56-54-52-50-48-46-44-42-40-38-36-34-32-30-28-26-24-22-20-18-16-14-12-10-8-6-4-2/h5,7,11,13,17,19,23,25,29,31,35,37,41,43,47,49,53,55,59,61,65,67,80,83H,3-4,6,8-10,12,14-16,18,20-22,24,26-28,30,32-34,36,38-40,42,44-46,48,50-52,54,56-58,60,62-64,66,68-79H2,1-2H3/b7-5-,13-11-,19-17-,25-23-,31-29-,37-35-,43-41-,49-47-,55-53-,61-59-,67-65-. The van der Waals surface area contributed by atoms with Gasteiger partial charge in [-0.3, -0.25) is 9.59 Å². The van der Waals surface area contributed by atoms with Crippen LogP contribution in [0, 0.1) is 0 Å².